The number of piperidine rings is 1. The van der Waals surface area contributed by atoms with Gasteiger partial charge in [0, 0.05) is 37.5 Å². The lowest BCUT2D eigenvalue weighted by Crippen LogP contribution is -2.43. The molecular formula is C23H25N3O2. The molecule has 2 heterocycles. The number of carbonyl (C=O) groups is 1. The SMILES string of the molecule is Cc1ccc(C)c(OC2CCN(C(=O)Nc3cccc4cccnc34)CC2)c1. The van der Waals surface area contributed by atoms with Crippen LogP contribution >= 0.6 is 0 Å². The number of ether oxygens (including phenoxy) is 1. The number of amides is 2. The number of hydrogen-bond donors (Lipinski definition) is 1. The van der Waals surface area contributed by atoms with Crippen LogP contribution in [0.3, 0.4) is 0 Å². The van der Waals surface area contributed by atoms with E-state index in [1.54, 1.807) is 6.20 Å². The highest BCUT2D eigenvalue weighted by Gasteiger charge is 2.24. The quantitative estimate of drug-likeness (QED) is 0.706. The molecule has 0 aliphatic carbocycles. The minimum atomic E-state index is -0.0802. The van der Waals surface area contributed by atoms with Gasteiger partial charge in [-0.1, -0.05) is 30.3 Å². The van der Waals surface area contributed by atoms with Crippen LogP contribution in [0.1, 0.15) is 24.0 Å². The van der Waals surface area contributed by atoms with Crippen molar-refractivity contribution in [2.75, 3.05) is 18.4 Å². The highest BCUT2D eigenvalue weighted by atomic mass is 16.5. The third-order valence-corrected chi connectivity index (χ3v) is 5.24. The second-order valence-electron chi connectivity index (χ2n) is 7.38. The van der Waals surface area contributed by atoms with Crippen LogP contribution in [0.5, 0.6) is 5.75 Å². The summed E-state index contributed by atoms with van der Waals surface area (Å²) in [4.78, 5) is 19.0. The zero-order valence-corrected chi connectivity index (χ0v) is 16.3. The third-order valence-electron chi connectivity index (χ3n) is 5.24. The Labute approximate surface area is 165 Å². The number of aryl methyl sites for hydroxylation is 2. The summed E-state index contributed by atoms with van der Waals surface area (Å²) >= 11 is 0. The Hall–Kier alpha value is -3.08. The molecule has 1 fully saturated rings. The molecule has 0 unspecified atom stereocenters. The highest BCUT2D eigenvalue weighted by Crippen LogP contribution is 2.25. The lowest BCUT2D eigenvalue weighted by atomic mass is 10.1. The van der Waals surface area contributed by atoms with E-state index in [9.17, 15) is 4.79 Å². The van der Waals surface area contributed by atoms with Crippen LogP contribution in [0.25, 0.3) is 10.9 Å². The highest BCUT2D eigenvalue weighted by molar-refractivity contribution is 5.99. The van der Waals surface area contributed by atoms with Gasteiger partial charge < -0.3 is 15.0 Å². The number of pyridine rings is 1. The number of hydrogen-bond acceptors (Lipinski definition) is 3. The molecule has 28 heavy (non-hydrogen) atoms. The molecule has 1 N–H and O–H groups in total. The summed E-state index contributed by atoms with van der Waals surface area (Å²) < 4.78 is 6.20. The smallest absolute Gasteiger partial charge is 0.321 e. The van der Waals surface area contributed by atoms with Gasteiger partial charge in [0.1, 0.15) is 11.9 Å². The molecule has 1 aromatic heterocycles. The van der Waals surface area contributed by atoms with Gasteiger partial charge in [0.2, 0.25) is 0 Å². The minimum Gasteiger partial charge on any atom is -0.490 e. The van der Waals surface area contributed by atoms with Gasteiger partial charge >= 0.3 is 6.03 Å². The maximum absolute atomic E-state index is 12.7. The fraction of sp³-hybridized carbons (Fsp3) is 0.304. The molecule has 0 saturated carbocycles. The first kappa shape index (κ1) is 18.3. The van der Waals surface area contributed by atoms with Crippen LogP contribution in [0.15, 0.2) is 54.7 Å². The summed E-state index contributed by atoms with van der Waals surface area (Å²) in [6.45, 7) is 5.50. The van der Waals surface area contributed by atoms with Crippen molar-refractivity contribution in [3.8, 4) is 5.75 Å². The molecule has 144 valence electrons. The molecule has 2 amide bonds. The number of carbonyl (C=O) groups excluding carboxylic acids is 1. The number of benzene rings is 2. The number of nitrogens with one attached hydrogen (secondary N) is 1. The Balaban J connectivity index is 1.37. The number of rotatable bonds is 3. The third kappa shape index (κ3) is 3.93. The zero-order chi connectivity index (χ0) is 19.5. The Kier molecular flexibility index (Phi) is 5.15. The minimum absolute atomic E-state index is 0.0802. The van der Waals surface area contributed by atoms with Gasteiger partial charge in [-0.05, 0) is 43.2 Å². The first-order valence-corrected chi connectivity index (χ1v) is 9.74. The van der Waals surface area contributed by atoms with E-state index in [0.29, 0.717) is 13.1 Å². The Bertz CT molecular complexity index is 989. The van der Waals surface area contributed by atoms with Crippen molar-refractivity contribution >= 4 is 22.6 Å². The van der Waals surface area contributed by atoms with Gasteiger partial charge in [-0.2, -0.15) is 0 Å². The Morgan fingerprint density at radius 2 is 1.89 bits per heavy atom. The van der Waals surface area contributed by atoms with Crippen molar-refractivity contribution in [2.45, 2.75) is 32.8 Å². The summed E-state index contributed by atoms with van der Waals surface area (Å²) in [5.41, 5.74) is 3.90. The summed E-state index contributed by atoms with van der Waals surface area (Å²) in [5, 5.41) is 4.03. The normalized spacial score (nSPS) is 14.9. The van der Waals surface area contributed by atoms with Crippen molar-refractivity contribution in [1.82, 2.24) is 9.88 Å². The molecule has 0 spiro atoms. The second kappa shape index (κ2) is 7.89. The monoisotopic (exact) mass is 375 g/mol. The molecule has 1 aliphatic heterocycles. The van der Waals surface area contributed by atoms with E-state index in [1.807, 2.05) is 35.2 Å². The molecule has 4 rings (SSSR count). The van der Waals surface area contributed by atoms with E-state index in [2.05, 4.69) is 42.3 Å². The van der Waals surface area contributed by atoms with Crippen molar-refractivity contribution in [1.29, 1.82) is 0 Å². The predicted octanol–water partition coefficient (Wildman–Crippen LogP) is 4.93. The number of likely N-dealkylation sites (tertiary alicyclic amines) is 1. The van der Waals surface area contributed by atoms with Crippen LogP contribution in [-0.4, -0.2) is 35.1 Å². The number of anilines is 1. The lowest BCUT2D eigenvalue weighted by Gasteiger charge is -2.32. The van der Waals surface area contributed by atoms with Gasteiger partial charge in [-0.3, -0.25) is 4.98 Å². The van der Waals surface area contributed by atoms with E-state index in [-0.39, 0.29) is 12.1 Å². The van der Waals surface area contributed by atoms with Crippen molar-refractivity contribution < 1.29 is 9.53 Å². The van der Waals surface area contributed by atoms with Crippen LogP contribution in [-0.2, 0) is 0 Å². The summed E-state index contributed by atoms with van der Waals surface area (Å²) in [6, 6.07) is 15.9. The van der Waals surface area contributed by atoms with E-state index in [1.165, 1.54) is 5.56 Å². The summed E-state index contributed by atoms with van der Waals surface area (Å²) in [6.07, 6.45) is 3.54. The van der Waals surface area contributed by atoms with Gasteiger partial charge in [0.15, 0.2) is 0 Å². The zero-order valence-electron chi connectivity index (χ0n) is 16.3. The predicted molar refractivity (Wildman–Crippen MR) is 112 cm³/mol. The van der Waals surface area contributed by atoms with Crippen molar-refractivity contribution in [3.63, 3.8) is 0 Å². The average molecular weight is 375 g/mol. The van der Waals surface area contributed by atoms with Crippen LogP contribution in [0.2, 0.25) is 0 Å². The number of fused-ring (bicyclic) bond motifs is 1. The second-order valence-corrected chi connectivity index (χ2v) is 7.38. The first-order valence-electron chi connectivity index (χ1n) is 9.74. The molecular weight excluding hydrogens is 350 g/mol. The summed E-state index contributed by atoms with van der Waals surface area (Å²) in [5.74, 6) is 0.949. The molecule has 3 aromatic rings. The molecule has 5 nitrogen and oxygen atoms in total. The largest absolute Gasteiger partial charge is 0.490 e. The Morgan fingerprint density at radius 3 is 2.71 bits per heavy atom. The average Bonchev–Trinajstić information content (AvgIpc) is 2.71. The molecule has 1 saturated heterocycles. The van der Waals surface area contributed by atoms with Gasteiger partial charge in [-0.15, -0.1) is 0 Å². The maximum atomic E-state index is 12.7. The number of aromatic nitrogens is 1. The van der Waals surface area contributed by atoms with E-state index in [4.69, 9.17) is 4.74 Å². The first-order chi connectivity index (χ1) is 13.6. The Morgan fingerprint density at radius 1 is 1.11 bits per heavy atom. The van der Waals surface area contributed by atoms with Crippen LogP contribution in [0.4, 0.5) is 10.5 Å². The van der Waals surface area contributed by atoms with Crippen molar-refractivity contribution in [2.24, 2.45) is 0 Å². The topological polar surface area (TPSA) is 54.5 Å². The van der Waals surface area contributed by atoms with Crippen molar-refractivity contribution in [3.05, 3.63) is 65.9 Å². The molecule has 0 atom stereocenters. The van der Waals surface area contributed by atoms with E-state index in [0.717, 1.165) is 40.7 Å². The fourth-order valence-corrected chi connectivity index (χ4v) is 3.59. The van der Waals surface area contributed by atoms with E-state index < -0.39 is 0 Å². The van der Waals surface area contributed by atoms with Gasteiger partial charge in [0.05, 0.1) is 11.2 Å². The number of urea groups is 1. The summed E-state index contributed by atoms with van der Waals surface area (Å²) in [7, 11) is 0. The molecule has 2 aromatic carbocycles. The fourth-order valence-electron chi connectivity index (χ4n) is 3.59. The molecule has 1 aliphatic rings. The van der Waals surface area contributed by atoms with Crippen LogP contribution in [0, 0.1) is 13.8 Å². The van der Waals surface area contributed by atoms with E-state index >= 15 is 0 Å². The molecule has 0 radical (unpaired) electrons. The van der Waals surface area contributed by atoms with Gasteiger partial charge in [0.25, 0.3) is 0 Å². The maximum Gasteiger partial charge on any atom is 0.321 e. The lowest BCUT2D eigenvalue weighted by molar-refractivity contribution is 0.115. The number of nitrogens with zero attached hydrogens (tertiary/aromatic N) is 2. The van der Waals surface area contributed by atoms with Crippen LogP contribution < -0.4 is 10.1 Å². The standard InChI is InChI=1S/C23H25N3O2/c1-16-8-9-17(2)21(15-16)28-19-10-13-26(14-11-19)23(27)25-20-7-3-5-18-6-4-12-24-22(18)20/h3-9,12,15,19H,10-11,13-14H2,1-2H3,(H,25,27). The number of para-hydroxylation sites is 1. The molecule has 0 bridgehead atoms. The van der Waals surface area contributed by atoms with Gasteiger partial charge in [-0.25, -0.2) is 4.79 Å². The molecule has 5 heteroatoms.